The Balaban J connectivity index is 1.54. The van der Waals surface area contributed by atoms with E-state index in [1.165, 1.54) is 35.2 Å². The number of hydrogen-bond donors (Lipinski definition) is 6. The molecule has 8 N–H and O–H groups in total. The minimum absolute atomic E-state index is 0.00726. The van der Waals surface area contributed by atoms with E-state index in [1.54, 1.807) is 58.0 Å². The van der Waals surface area contributed by atoms with Crippen LogP contribution in [0.4, 0.5) is 14.9 Å². The normalized spacial score (nSPS) is 15.6. The molecule has 4 rings (SSSR count). The van der Waals surface area contributed by atoms with Crippen LogP contribution in [0.15, 0.2) is 70.6 Å². The lowest BCUT2D eigenvalue weighted by Gasteiger charge is -2.30. The van der Waals surface area contributed by atoms with Crippen LogP contribution in [0.1, 0.15) is 58.9 Å². The number of sulfonamides is 1. The number of aliphatic imine (C=N–C) groups is 1. The van der Waals surface area contributed by atoms with Crippen LogP contribution < -0.4 is 32.1 Å². The molecule has 3 aromatic carbocycles. The number of rotatable bonds is 15. The molecule has 0 bridgehead atoms. The van der Waals surface area contributed by atoms with Gasteiger partial charge < -0.3 is 37.1 Å². The summed E-state index contributed by atoms with van der Waals surface area (Å²) in [7, 11) is -3.76. The smallest absolute Gasteiger partial charge is 0.408 e. The fourth-order valence-corrected chi connectivity index (χ4v) is 7.38. The van der Waals surface area contributed by atoms with Crippen molar-refractivity contribution >= 4 is 56.3 Å². The molecule has 0 saturated carbocycles. The van der Waals surface area contributed by atoms with E-state index in [9.17, 15) is 32.0 Å². The number of ether oxygens (including phenoxy) is 1. The first kappa shape index (κ1) is 41.5. The van der Waals surface area contributed by atoms with Crippen LogP contribution in [0, 0.1) is 5.82 Å². The summed E-state index contributed by atoms with van der Waals surface area (Å²) in [6, 6.07) is 12.0. The van der Waals surface area contributed by atoms with E-state index in [4.69, 9.17) is 16.2 Å². The number of nitrogens with one attached hydrogen (secondary N) is 4. The third-order valence-electron chi connectivity index (χ3n) is 8.49. The average molecular weight is 769 g/mol. The number of guanidine groups is 1. The highest BCUT2D eigenvalue weighted by Crippen LogP contribution is 2.26. The predicted molar refractivity (Wildman–Crippen MR) is 203 cm³/mol. The molecule has 0 aromatic heterocycles. The number of carbonyl (C=O) groups is 4. The Morgan fingerprint density at radius 3 is 2.41 bits per heavy atom. The van der Waals surface area contributed by atoms with Crippen molar-refractivity contribution in [3.05, 3.63) is 72.0 Å². The van der Waals surface area contributed by atoms with Gasteiger partial charge in [-0.15, -0.1) is 0 Å². The lowest BCUT2D eigenvalue weighted by molar-refractivity contribution is -0.140. The highest BCUT2D eigenvalue weighted by atomic mass is 32.2. The third-order valence-corrected chi connectivity index (χ3v) is 10.1. The number of likely N-dealkylation sites (tertiary alicyclic amines) is 1. The Morgan fingerprint density at radius 1 is 1.02 bits per heavy atom. The molecule has 0 aliphatic carbocycles. The summed E-state index contributed by atoms with van der Waals surface area (Å²) in [6.45, 7) is 7.36. The fraction of sp³-hybridized carbons (Fsp3) is 0.432. The summed E-state index contributed by atoms with van der Waals surface area (Å²) >= 11 is 0. The van der Waals surface area contributed by atoms with Gasteiger partial charge in [-0.1, -0.05) is 37.3 Å². The number of hydrogen-bond acceptors (Lipinski definition) is 8. The zero-order valence-electron chi connectivity index (χ0n) is 30.9. The van der Waals surface area contributed by atoms with Crippen LogP contribution in [0.2, 0.25) is 0 Å². The maximum Gasteiger partial charge on any atom is 0.408 e. The minimum Gasteiger partial charge on any atom is -0.444 e. The van der Waals surface area contributed by atoms with Crippen LogP contribution >= 0.6 is 0 Å². The second-order valence-electron chi connectivity index (χ2n) is 13.9. The maximum absolute atomic E-state index is 14.0. The molecule has 0 radical (unpaired) electrons. The molecule has 1 fully saturated rings. The standard InChI is InChI=1S/C37H49FN8O7S/c1-5-42-54(51,52)31-12-6-9-24-22-26(17-18-27(24)31)43-32(47)28(10-7-19-41-35(39)40)44-33(48)30-11-8-20-46(30)34(49)29(45-36(50)53-37(2,3)4)21-23-13-15-25(38)16-14-23/h6,9,12-18,22,28-30,42H,5,7-8,10-11,19-21H2,1-4H3,(H,43,47)(H,44,48)(H,45,50)(H4,39,40,41)/t28-,29-,30-/m0/s1. The number of carbonyl (C=O) groups excluding carboxylic acids is 4. The van der Waals surface area contributed by atoms with E-state index >= 15 is 0 Å². The average Bonchev–Trinajstić information content (AvgIpc) is 3.59. The number of anilines is 1. The van der Waals surface area contributed by atoms with Gasteiger partial charge in [-0.25, -0.2) is 22.3 Å². The maximum atomic E-state index is 14.0. The van der Waals surface area contributed by atoms with Crippen molar-refractivity contribution in [2.75, 3.05) is 25.0 Å². The second kappa shape index (κ2) is 18.2. The van der Waals surface area contributed by atoms with E-state index in [2.05, 4.69) is 25.7 Å². The van der Waals surface area contributed by atoms with Crippen molar-refractivity contribution in [1.29, 1.82) is 0 Å². The van der Waals surface area contributed by atoms with Crippen LogP contribution in [0.25, 0.3) is 10.8 Å². The summed E-state index contributed by atoms with van der Waals surface area (Å²) in [5.74, 6) is -2.25. The van der Waals surface area contributed by atoms with Crippen LogP contribution in [-0.4, -0.2) is 86.5 Å². The highest BCUT2D eigenvalue weighted by Gasteiger charge is 2.39. The number of halogens is 1. The molecular formula is C37H49FN8O7S. The summed E-state index contributed by atoms with van der Waals surface area (Å²) < 4.78 is 47.1. The third kappa shape index (κ3) is 11.6. The van der Waals surface area contributed by atoms with Crippen molar-refractivity contribution in [2.24, 2.45) is 16.5 Å². The van der Waals surface area contributed by atoms with Crippen LogP contribution in [0.3, 0.4) is 0 Å². The first-order valence-electron chi connectivity index (χ1n) is 17.7. The molecule has 17 heteroatoms. The van der Waals surface area contributed by atoms with Crippen molar-refractivity contribution in [3.63, 3.8) is 0 Å². The van der Waals surface area contributed by atoms with Crippen molar-refractivity contribution in [2.45, 2.75) is 88.4 Å². The quantitative estimate of drug-likeness (QED) is 0.0758. The number of alkyl carbamates (subject to hydrolysis) is 1. The summed E-state index contributed by atoms with van der Waals surface area (Å²) in [5, 5.41) is 9.26. The number of fused-ring (bicyclic) bond motifs is 1. The SMILES string of the molecule is CCNS(=O)(=O)c1cccc2cc(NC(=O)[C@H](CCCN=C(N)N)NC(=O)[C@@H]3CCCN3C(=O)[C@H](Cc3ccc(F)cc3)NC(=O)OC(C)(C)C)ccc12. The number of benzene rings is 3. The van der Waals surface area contributed by atoms with Gasteiger partial charge in [0.15, 0.2) is 5.96 Å². The van der Waals surface area contributed by atoms with E-state index in [0.29, 0.717) is 41.3 Å². The molecule has 292 valence electrons. The predicted octanol–water partition coefficient (Wildman–Crippen LogP) is 2.88. The molecule has 1 aliphatic heterocycles. The molecule has 15 nitrogen and oxygen atoms in total. The Hall–Kier alpha value is -5.29. The number of amides is 4. The van der Waals surface area contributed by atoms with Crippen LogP contribution in [-0.2, 0) is 35.6 Å². The summed E-state index contributed by atoms with van der Waals surface area (Å²) in [5.41, 5.74) is 11.0. The number of nitrogens with zero attached hydrogens (tertiary/aromatic N) is 2. The molecule has 4 amide bonds. The van der Waals surface area contributed by atoms with E-state index in [1.807, 2.05) is 0 Å². The molecule has 1 heterocycles. The molecule has 3 atom stereocenters. The van der Waals surface area contributed by atoms with Gasteiger partial charge in [-0.3, -0.25) is 19.4 Å². The molecule has 1 aliphatic rings. The van der Waals surface area contributed by atoms with Crippen LogP contribution in [0.5, 0.6) is 0 Å². The lowest BCUT2D eigenvalue weighted by Crippen LogP contribution is -2.56. The Morgan fingerprint density at radius 2 is 1.74 bits per heavy atom. The second-order valence-corrected chi connectivity index (χ2v) is 15.6. The van der Waals surface area contributed by atoms with Gasteiger partial charge in [-0.2, -0.15) is 0 Å². The molecule has 0 spiro atoms. The van der Waals surface area contributed by atoms with Gasteiger partial charge in [0.25, 0.3) is 0 Å². The topological polar surface area (TPSA) is 227 Å². The molecule has 0 unspecified atom stereocenters. The zero-order valence-corrected chi connectivity index (χ0v) is 31.7. The first-order chi connectivity index (χ1) is 25.5. The van der Waals surface area contributed by atoms with E-state index < -0.39 is 63.4 Å². The Kier molecular flexibility index (Phi) is 13.9. The molecule has 1 saturated heterocycles. The summed E-state index contributed by atoms with van der Waals surface area (Å²) in [4.78, 5) is 59.9. The van der Waals surface area contributed by atoms with E-state index in [0.717, 1.165) is 0 Å². The van der Waals surface area contributed by atoms with Gasteiger partial charge in [0.05, 0.1) is 4.90 Å². The van der Waals surface area contributed by atoms with Gasteiger partial charge in [-0.05, 0) is 87.7 Å². The lowest BCUT2D eigenvalue weighted by atomic mass is 10.0. The van der Waals surface area contributed by atoms with E-state index in [-0.39, 0.29) is 43.3 Å². The largest absolute Gasteiger partial charge is 0.444 e. The Labute approximate surface area is 314 Å². The van der Waals surface area contributed by atoms with Gasteiger partial charge >= 0.3 is 6.09 Å². The Bertz CT molecular complexity index is 1960. The summed E-state index contributed by atoms with van der Waals surface area (Å²) in [6.07, 6.45) is 0.438. The van der Waals surface area contributed by atoms with Crippen molar-refractivity contribution in [3.8, 4) is 0 Å². The van der Waals surface area contributed by atoms with Crippen molar-refractivity contribution < 1.29 is 36.7 Å². The minimum atomic E-state index is -3.76. The number of nitrogens with two attached hydrogens (primary N) is 2. The zero-order chi connectivity index (χ0) is 39.6. The van der Waals surface area contributed by atoms with Gasteiger partial charge in [0.2, 0.25) is 27.7 Å². The molecule has 54 heavy (non-hydrogen) atoms. The molecule has 3 aromatic rings. The first-order valence-corrected chi connectivity index (χ1v) is 19.2. The molecular weight excluding hydrogens is 720 g/mol. The highest BCUT2D eigenvalue weighted by molar-refractivity contribution is 7.89. The van der Waals surface area contributed by atoms with Gasteiger partial charge in [0.1, 0.15) is 29.5 Å². The monoisotopic (exact) mass is 768 g/mol. The van der Waals surface area contributed by atoms with Crippen molar-refractivity contribution in [1.82, 2.24) is 20.3 Å². The fourth-order valence-electron chi connectivity index (χ4n) is 6.11. The van der Waals surface area contributed by atoms with Gasteiger partial charge in [0, 0.05) is 37.1 Å².